The fourth-order valence-electron chi connectivity index (χ4n) is 2.20. The van der Waals surface area contributed by atoms with Crippen LogP contribution in [0.2, 0.25) is 0 Å². The third-order valence-electron chi connectivity index (χ3n) is 3.47. The fourth-order valence-corrected chi connectivity index (χ4v) is 2.20. The monoisotopic (exact) mass is 283 g/mol. The first kappa shape index (κ1) is 13.5. The molecule has 0 radical (unpaired) electrons. The van der Waals surface area contributed by atoms with Crippen LogP contribution in [0.3, 0.4) is 0 Å². The van der Waals surface area contributed by atoms with Gasteiger partial charge >= 0.3 is 0 Å². The van der Waals surface area contributed by atoms with E-state index < -0.39 is 0 Å². The van der Waals surface area contributed by atoms with Crippen LogP contribution < -0.4 is 14.8 Å². The number of hydrogen-bond acceptors (Lipinski definition) is 3. The van der Waals surface area contributed by atoms with Crippen LogP contribution in [0.5, 0.6) is 11.5 Å². The molecule has 1 aliphatic heterocycles. The summed E-state index contributed by atoms with van der Waals surface area (Å²) in [6, 6.07) is 13.0. The average Bonchev–Trinajstić information content (AvgIpc) is 2.95. The highest BCUT2D eigenvalue weighted by molar-refractivity contribution is 6.04. The van der Waals surface area contributed by atoms with Crippen LogP contribution in [0.15, 0.2) is 42.5 Å². The fraction of sp³-hybridized carbons (Fsp3) is 0.235. The van der Waals surface area contributed by atoms with Gasteiger partial charge in [-0.3, -0.25) is 4.79 Å². The maximum absolute atomic E-state index is 12.2. The van der Waals surface area contributed by atoms with E-state index in [0.29, 0.717) is 28.7 Å². The predicted molar refractivity (Wildman–Crippen MR) is 81.0 cm³/mol. The molecule has 1 heterocycles. The standard InChI is InChI=1S/C17H17NO3/c1-11(2)12-3-5-13(6-4-12)17(19)18-14-7-8-15-16(9-14)21-10-20-15/h3-9,11H,10H2,1-2H3,(H,18,19). The van der Waals surface area contributed by atoms with Gasteiger partial charge in [0, 0.05) is 17.3 Å². The Hall–Kier alpha value is -2.49. The van der Waals surface area contributed by atoms with Crippen LogP contribution in [0.4, 0.5) is 5.69 Å². The number of nitrogens with one attached hydrogen (secondary N) is 1. The summed E-state index contributed by atoms with van der Waals surface area (Å²) in [4.78, 5) is 12.2. The maximum atomic E-state index is 12.2. The quantitative estimate of drug-likeness (QED) is 0.932. The number of amides is 1. The van der Waals surface area contributed by atoms with Crippen LogP contribution in [0.1, 0.15) is 35.7 Å². The van der Waals surface area contributed by atoms with Crippen molar-refractivity contribution in [3.63, 3.8) is 0 Å². The molecule has 108 valence electrons. The van der Waals surface area contributed by atoms with Crippen molar-refractivity contribution < 1.29 is 14.3 Å². The second-order valence-electron chi connectivity index (χ2n) is 5.30. The van der Waals surface area contributed by atoms with E-state index in [-0.39, 0.29) is 12.7 Å². The lowest BCUT2D eigenvalue weighted by atomic mass is 10.0. The van der Waals surface area contributed by atoms with Gasteiger partial charge in [-0.1, -0.05) is 26.0 Å². The van der Waals surface area contributed by atoms with Crippen LogP contribution in [0, 0.1) is 0 Å². The molecule has 0 bridgehead atoms. The van der Waals surface area contributed by atoms with Crippen molar-refractivity contribution in [3.05, 3.63) is 53.6 Å². The average molecular weight is 283 g/mol. The normalized spacial score (nSPS) is 12.5. The van der Waals surface area contributed by atoms with E-state index in [2.05, 4.69) is 19.2 Å². The molecule has 1 amide bonds. The molecule has 0 atom stereocenters. The molecule has 1 aliphatic rings. The first-order chi connectivity index (χ1) is 10.1. The van der Waals surface area contributed by atoms with Crippen molar-refractivity contribution >= 4 is 11.6 Å². The van der Waals surface area contributed by atoms with Crippen molar-refractivity contribution in [1.82, 2.24) is 0 Å². The van der Waals surface area contributed by atoms with Gasteiger partial charge in [0.2, 0.25) is 6.79 Å². The molecule has 0 spiro atoms. The third-order valence-corrected chi connectivity index (χ3v) is 3.47. The Balaban J connectivity index is 1.74. The zero-order valence-corrected chi connectivity index (χ0v) is 12.1. The minimum atomic E-state index is -0.135. The molecule has 0 saturated carbocycles. The zero-order chi connectivity index (χ0) is 14.8. The van der Waals surface area contributed by atoms with E-state index in [0.717, 1.165) is 0 Å². The number of rotatable bonds is 3. The molecule has 2 aromatic rings. The molecule has 21 heavy (non-hydrogen) atoms. The lowest BCUT2D eigenvalue weighted by molar-refractivity contribution is 0.102. The number of benzene rings is 2. The Kier molecular flexibility index (Phi) is 3.52. The second kappa shape index (κ2) is 5.48. The molecule has 0 fully saturated rings. The number of fused-ring (bicyclic) bond motifs is 1. The van der Waals surface area contributed by atoms with E-state index in [4.69, 9.17) is 9.47 Å². The summed E-state index contributed by atoms with van der Waals surface area (Å²) in [6.07, 6.45) is 0. The zero-order valence-electron chi connectivity index (χ0n) is 12.1. The van der Waals surface area contributed by atoms with Gasteiger partial charge in [-0.15, -0.1) is 0 Å². The Bertz CT molecular complexity index is 662. The summed E-state index contributed by atoms with van der Waals surface area (Å²) in [5, 5.41) is 2.86. The third kappa shape index (κ3) is 2.84. The number of ether oxygens (including phenoxy) is 2. The van der Waals surface area contributed by atoms with Crippen molar-refractivity contribution in [3.8, 4) is 11.5 Å². The van der Waals surface area contributed by atoms with E-state index in [9.17, 15) is 4.79 Å². The minimum Gasteiger partial charge on any atom is -0.454 e. The molecule has 4 nitrogen and oxygen atoms in total. The van der Waals surface area contributed by atoms with Crippen molar-refractivity contribution in [1.29, 1.82) is 0 Å². The van der Waals surface area contributed by atoms with Gasteiger partial charge in [0.1, 0.15) is 0 Å². The van der Waals surface area contributed by atoms with Gasteiger partial charge in [0.25, 0.3) is 5.91 Å². The number of anilines is 1. The number of carbonyl (C=O) groups is 1. The summed E-state index contributed by atoms with van der Waals surface area (Å²) in [5.74, 6) is 1.68. The van der Waals surface area contributed by atoms with E-state index in [1.807, 2.05) is 24.3 Å². The van der Waals surface area contributed by atoms with Gasteiger partial charge in [-0.25, -0.2) is 0 Å². The van der Waals surface area contributed by atoms with Crippen LogP contribution in [0.25, 0.3) is 0 Å². The molecule has 0 aliphatic carbocycles. The van der Waals surface area contributed by atoms with Gasteiger partial charge in [0.05, 0.1) is 0 Å². The molecular weight excluding hydrogens is 266 g/mol. The molecule has 2 aromatic carbocycles. The van der Waals surface area contributed by atoms with E-state index >= 15 is 0 Å². The van der Waals surface area contributed by atoms with Gasteiger partial charge in [-0.2, -0.15) is 0 Å². The molecule has 4 heteroatoms. The number of hydrogen-bond donors (Lipinski definition) is 1. The van der Waals surface area contributed by atoms with Gasteiger partial charge in [0.15, 0.2) is 11.5 Å². The van der Waals surface area contributed by atoms with E-state index in [1.54, 1.807) is 18.2 Å². The maximum Gasteiger partial charge on any atom is 0.255 e. The lowest BCUT2D eigenvalue weighted by Gasteiger charge is -2.08. The summed E-state index contributed by atoms with van der Waals surface area (Å²) in [5.41, 5.74) is 2.55. The second-order valence-corrected chi connectivity index (χ2v) is 5.30. The first-order valence-corrected chi connectivity index (χ1v) is 6.94. The van der Waals surface area contributed by atoms with E-state index in [1.165, 1.54) is 5.56 Å². The van der Waals surface area contributed by atoms with Crippen molar-refractivity contribution in [2.24, 2.45) is 0 Å². The molecule has 0 aromatic heterocycles. The van der Waals surface area contributed by atoms with Crippen LogP contribution in [-0.4, -0.2) is 12.7 Å². The molecule has 3 rings (SSSR count). The molecular formula is C17H17NO3. The topological polar surface area (TPSA) is 47.6 Å². The highest BCUT2D eigenvalue weighted by Crippen LogP contribution is 2.34. The Morgan fingerprint density at radius 3 is 2.48 bits per heavy atom. The van der Waals surface area contributed by atoms with Crippen LogP contribution >= 0.6 is 0 Å². The predicted octanol–water partition coefficient (Wildman–Crippen LogP) is 3.79. The Morgan fingerprint density at radius 2 is 1.76 bits per heavy atom. The smallest absolute Gasteiger partial charge is 0.255 e. The first-order valence-electron chi connectivity index (χ1n) is 6.94. The van der Waals surface area contributed by atoms with Gasteiger partial charge in [-0.05, 0) is 35.7 Å². The van der Waals surface area contributed by atoms with Crippen molar-refractivity contribution in [2.45, 2.75) is 19.8 Å². The highest BCUT2D eigenvalue weighted by atomic mass is 16.7. The largest absolute Gasteiger partial charge is 0.454 e. The molecule has 0 unspecified atom stereocenters. The molecule has 1 N–H and O–H groups in total. The van der Waals surface area contributed by atoms with Crippen molar-refractivity contribution in [2.75, 3.05) is 12.1 Å². The Morgan fingerprint density at radius 1 is 1.05 bits per heavy atom. The summed E-state index contributed by atoms with van der Waals surface area (Å²) in [7, 11) is 0. The minimum absolute atomic E-state index is 0.135. The summed E-state index contributed by atoms with van der Waals surface area (Å²) >= 11 is 0. The van der Waals surface area contributed by atoms with Crippen LogP contribution in [-0.2, 0) is 0 Å². The van der Waals surface area contributed by atoms with Gasteiger partial charge < -0.3 is 14.8 Å². The molecule has 0 saturated heterocycles. The summed E-state index contributed by atoms with van der Waals surface area (Å²) in [6.45, 7) is 4.48. The number of carbonyl (C=O) groups excluding carboxylic acids is 1. The summed E-state index contributed by atoms with van der Waals surface area (Å²) < 4.78 is 10.5. The SMILES string of the molecule is CC(C)c1ccc(C(=O)Nc2ccc3c(c2)OCO3)cc1. The lowest BCUT2D eigenvalue weighted by Crippen LogP contribution is -2.11. The highest BCUT2D eigenvalue weighted by Gasteiger charge is 2.14. The Labute approximate surface area is 123 Å².